The topological polar surface area (TPSA) is 53.4 Å². The van der Waals surface area contributed by atoms with E-state index in [2.05, 4.69) is 4.98 Å². The molecule has 0 aromatic carbocycles. The molecule has 14 heavy (non-hydrogen) atoms. The van der Waals surface area contributed by atoms with Crippen molar-refractivity contribution in [1.82, 2.24) is 9.88 Å². The smallest absolute Gasteiger partial charge is 0.320 e. The summed E-state index contributed by atoms with van der Waals surface area (Å²) in [5.74, 6) is -0.816. The zero-order valence-corrected chi connectivity index (χ0v) is 8.34. The molecule has 1 heterocycles. The number of pyridine rings is 1. The van der Waals surface area contributed by atoms with Crippen LogP contribution in [0.15, 0.2) is 24.4 Å². The average Bonchev–Trinajstić information content (AvgIpc) is 2.18. The fourth-order valence-corrected chi connectivity index (χ4v) is 1.07. The van der Waals surface area contributed by atoms with E-state index in [1.807, 2.05) is 18.2 Å². The lowest BCUT2D eigenvalue weighted by molar-refractivity contribution is -0.142. The lowest BCUT2D eigenvalue weighted by atomic mass is 10.2. The van der Waals surface area contributed by atoms with Gasteiger partial charge in [0.15, 0.2) is 0 Å². The van der Waals surface area contributed by atoms with Gasteiger partial charge in [0.25, 0.3) is 0 Å². The Balaban J connectivity index is 2.57. The van der Waals surface area contributed by atoms with E-state index in [-0.39, 0.29) is 0 Å². The minimum atomic E-state index is -0.816. The maximum atomic E-state index is 10.7. The summed E-state index contributed by atoms with van der Waals surface area (Å²) in [5, 5.41) is 8.77. The maximum Gasteiger partial charge on any atom is 0.320 e. The van der Waals surface area contributed by atoms with Crippen LogP contribution in [0.2, 0.25) is 0 Å². The highest BCUT2D eigenvalue weighted by molar-refractivity contribution is 5.72. The molecule has 1 aromatic rings. The molecule has 4 nitrogen and oxygen atoms in total. The summed E-state index contributed by atoms with van der Waals surface area (Å²) in [5.41, 5.74) is 0.878. The first-order valence-electron chi connectivity index (χ1n) is 4.44. The van der Waals surface area contributed by atoms with Crippen LogP contribution in [0.5, 0.6) is 0 Å². The van der Waals surface area contributed by atoms with Gasteiger partial charge in [0.2, 0.25) is 0 Å². The third kappa shape index (κ3) is 2.81. The molecule has 1 rings (SSSR count). The molecular weight excluding hydrogens is 180 g/mol. The summed E-state index contributed by atoms with van der Waals surface area (Å²) in [6.45, 7) is 2.21. The van der Waals surface area contributed by atoms with Crippen LogP contribution in [0.25, 0.3) is 0 Å². The number of likely N-dealkylation sites (N-methyl/N-ethyl adjacent to an activating group) is 1. The Morgan fingerprint density at radius 3 is 2.86 bits per heavy atom. The molecule has 0 aliphatic heterocycles. The van der Waals surface area contributed by atoms with Crippen LogP contribution in [0.4, 0.5) is 0 Å². The van der Waals surface area contributed by atoms with Gasteiger partial charge in [-0.3, -0.25) is 14.7 Å². The number of hydrogen-bond acceptors (Lipinski definition) is 3. The summed E-state index contributed by atoms with van der Waals surface area (Å²) in [7, 11) is 1.77. The minimum absolute atomic E-state index is 0.489. The monoisotopic (exact) mass is 194 g/mol. The molecule has 0 radical (unpaired) electrons. The molecule has 1 atom stereocenters. The summed E-state index contributed by atoms with van der Waals surface area (Å²) in [6.07, 6.45) is 1.70. The largest absolute Gasteiger partial charge is 0.480 e. The second-order valence-electron chi connectivity index (χ2n) is 3.25. The van der Waals surface area contributed by atoms with Crippen LogP contribution in [-0.2, 0) is 11.3 Å². The van der Waals surface area contributed by atoms with Crippen molar-refractivity contribution in [2.24, 2.45) is 0 Å². The molecule has 76 valence electrons. The van der Waals surface area contributed by atoms with Gasteiger partial charge in [-0.2, -0.15) is 0 Å². The number of nitrogens with zero attached hydrogens (tertiary/aromatic N) is 2. The fourth-order valence-electron chi connectivity index (χ4n) is 1.07. The number of carboxylic acids is 1. The van der Waals surface area contributed by atoms with Gasteiger partial charge in [-0.05, 0) is 26.1 Å². The van der Waals surface area contributed by atoms with Crippen molar-refractivity contribution >= 4 is 5.97 Å². The first-order chi connectivity index (χ1) is 6.61. The second kappa shape index (κ2) is 4.72. The highest BCUT2D eigenvalue weighted by Gasteiger charge is 2.16. The number of carbonyl (C=O) groups is 1. The number of hydrogen-bond donors (Lipinski definition) is 1. The van der Waals surface area contributed by atoms with Gasteiger partial charge in [-0.25, -0.2) is 0 Å². The predicted molar refractivity (Wildman–Crippen MR) is 52.8 cm³/mol. The van der Waals surface area contributed by atoms with Crippen molar-refractivity contribution in [1.29, 1.82) is 0 Å². The Labute approximate surface area is 83.2 Å². The van der Waals surface area contributed by atoms with E-state index in [1.165, 1.54) is 0 Å². The zero-order chi connectivity index (χ0) is 10.6. The Morgan fingerprint density at radius 1 is 1.64 bits per heavy atom. The van der Waals surface area contributed by atoms with Crippen molar-refractivity contribution in [3.8, 4) is 0 Å². The summed E-state index contributed by atoms with van der Waals surface area (Å²) in [4.78, 5) is 16.5. The molecule has 0 amide bonds. The molecule has 1 N–H and O–H groups in total. The second-order valence-corrected chi connectivity index (χ2v) is 3.25. The number of carboxylic acid groups (broad SMARTS) is 1. The van der Waals surface area contributed by atoms with Gasteiger partial charge in [0, 0.05) is 12.7 Å². The van der Waals surface area contributed by atoms with Gasteiger partial charge in [-0.15, -0.1) is 0 Å². The SMILES string of the molecule is CC(C(=O)O)N(C)Cc1ccccn1. The van der Waals surface area contributed by atoms with Crippen LogP contribution >= 0.6 is 0 Å². The Hall–Kier alpha value is -1.42. The van der Waals surface area contributed by atoms with E-state index in [1.54, 1.807) is 25.1 Å². The lowest BCUT2D eigenvalue weighted by Gasteiger charge is -2.20. The van der Waals surface area contributed by atoms with E-state index in [0.29, 0.717) is 6.54 Å². The van der Waals surface area contributed by atoms with Crippen molar-refractivity contribution < 1.29 is 9.90 Å². The Bertz CT molecular complexity index is 300. The normalized spacial score (nSPS) is 12.8. The van der Waals surface area contributed by atoms with Gasteiger partial charge in [0.1, 0.15) is 6.04 Å². The molecule has 0 spiro atoms. The molecule has 0 aliphatic carbocycles. The van der Waals surface area contributed by atoms with E-state index < -0.39 is 12.0 Å². The molecule has 0 fully saturated rings. The number of aliphatic carboxylic acids is 1. The molecular formula is C10H14N2O2. The van der Waals surface area contributed by atoms with Gasteiger partial charge < -0.3 is 5.11 Å². The van der Waals surface area contributed by atoms with Crippen LogP contribution in [0.1, 0.15) is 12.6 Å². The molecule has 1 unspecified atom stereocenters. The Kier molecular flexibility index (Phi) is 3.59. The molecule has 0 bridgehead atoms. The minimum Gasteiger partial charge on any atom is -0.480 e. The molecule has 0 saturated heterocycles. The summed E-state index contributed by atoms with van der Waals surface area (Å²) >= 11 is 0. The molecule has 1 aromatic heterocycles. The van der Waals surface area contributed by atoms with E-state index in [0.717, 1.165) is 5.69 Å². The Morgan fingerprint density at radius 2 is 2.36 bits per heavy atom. The first-order valence-corrected chi connectivity index (χ1v) is 4.44. The zero-order valence-electron chi connectivity index (χ0n) is 8.34. The van der Waals surface area contributed by atoms with Crippen molar-refractivity contribution in [3.05, 3.63) is 30.1 Å². The molecule has 0 saturated carbocycles. The van der Waals surface area contributed by atoms with Crippen molar-refractivity contribution in [2.45, 2.75) is 19.5 Å². The third-order valence-electron chi connectivity index (χ3n) is 2.16. The summed E-state index contributed by atoms with van der Waals surface area (Å²) < 4.78 is 0. The quantitative estimate of drug-likeness (QED) is 0.776. The first kappa shape index (κ1) is 10.7. The average molecular weight is 194 g/mol. The van der Waals surface area contributed by atoms with E-state index in [9.17, 15) is 4.79 Å². The van der Waals surface area contributed by atoms with E-state index >= 15 is 0 Å². The standard InChI is InChI=1S/C10H14N2O2/c1-8(10(13)14)12(2)7-9-5-3-4-6-11-9/h3-6,8H,7H2,1-2H3,(H,13,14). The van der Waals surface area contributed by atoms with Crippen LogP contribution in [-0.4, -0.2) is 34.0 Å². The molecule has 4 heteroatoms. The number of aromatic nitrogens is 1. The number of rotatable bonds is 4. The van der Waals surface area contributed by atoms with Gasteiger partial charge in [0.05, 0.1) is 5.69 Å². The highest BCUT2D eigenvalue weighted by atomic mass is 16.4. The van der Waals surface area contributed by atoms with Crippen LogP contribution in [0, 0.1) is 0 Å². The van der Waals surface area contributed by atoms with Crippen LogP contribution in [0.3, 0.4) is 0 Å². The highest BCUT2D eigenvalue weighted by Crippen LogP contribution is 2.02. The van der Waals surface area contributed by atoms with E-state index in [4.69, 9.17) is 5.11 Å². The predicted octanol–water partition coefficient (Wildman–Crippen LogP) is 0.987. The van der Waals surface area contributed by atoms with Crippen LogP contribution < -0.4 is 0 Å². The molecule has 0 aliphatic rings. The summed E-state index contributed by atoms with van der Waals surface area (Å²) in [6, 6.07) is 5.12. The van der Waals surface area contributed by atoms with Gasteiger partial charge in [-0.1, -0.05) is 6.07 Å². The van der Waals surface area contributed by atoms with Crippen molar-refractivity contribution in [2.75, 3.05) is 7.05 Å². The maximum absolute atomic E-state index is 10.7. The van der Waals surface area contributed by atoms with Crippen molar-refractivity contribution in [3.63, 3.8) is 0 Å². The van der Waals surface area contributed by atoms with Gasteiger partial charge >= 0.3 is 5.97 Å². The lowest BCUT2D eigenvalue weighted by Crippen LogP contribution is -2.35. The third-order valence-corrected chi connectivity index (χ3v) is 2.16. The fraction of sp³-hybridized carbons (Fsp3) is 0.400.